The standard InChI is InChI=1S/C6H10N4O2/c1-2-3-12-10-5(4-7)6(8)9-11/h11H,2-3H2,1H3,(H2,8,9). The lowest BCUT2D eigenvalue weighted by Gasteiger charge is -1.95. The summed E-state index contributed by atoms with van der Waals surface area (Å²) in [6.07, 6.45) is 0.776. The second-order valence-electron chi connectivity index (χ2n) is 1.87. The van der Waals surface area contributed by atoms with Crippen LogP contribution in [0.15, 0.2) is 10.3 Å². The Balaban J connectivity index is 4.17. The molecule has 0 aromatic heterocycles. The van der Waals surface area contributed by atoms with Crippen LogP contribution in [-0.4, -0.2) is 23.4 Å². The maximum Gasteiger partial charge on any atom is 0.224 e. The third-order valence-corrected chi connectivity index (χ3v) is 0.908. The molecular formula is C6H10N4O2. The molecule has 66 valence electrons. The SMILES string of the molecule is CCCON=C(C#N)C(N)=NO. The molecule has 0 saturated heterocycles. The number of nitriles is 1. The first kappa shape index (κ1) is 10.2. The quantitative estimate of drug-likeness (QED) is 0.204. The fourth-order valence-electron chi connectivity index (χ4n) is 0.373. The molecule has 0 aliphatic carbocycles. The average molecular weight is 170 g/mol. The topological polar surface area (TPSA) is 104 Å². The van der Waals surface area contributed by atoms with Gasteiger partial charge in [-0.2, -0.15) is 5.26 Å². The Morgan fingerprint density at radius 1 is 1.75 bits per heavy atom. The highest BCUT2D eigenvalue weighted by Gasteiger charge is 2.03. The van der Waals surface area contributed by atoms with Crippen LogP contribution in [0.4, 0.5) is 0 Å². The zero-order valence-electron chi connectivity index (χ0n) is 6.69. The van der Waals surface area contributed by atoms with E-state index in [-0.39, 0.29) is 11.5 Å². The summed E-state index contributed by atoms with van der Waals surface area (Å²) in [5, 5.41) is 22.5. The molecule has 0 amide bonds. The number of nitrogens with two attached hydrogens (primary N) is 1. The Kier molecular flexibility index (Phi) is 5.09. The predicted octanol–water partition coefficient (Wildman–Crippen LogP) is 0.0390. The van der Waals surface area contributed by atoms with E-state index in [0.29, 0.717) is 6.61 Å². The Morgan fingerprint density at radius 3 is 2.83 bits per heavy atom. The smallest absolute Gasteiger partial charge is 0.224 e. The fourth-order valence-corrected chi connectivity index (χ4v) is 0.373. The Hall–Kier alpha value is -1.77. The van der Waals surface area contributed by atoms with Crippen LogP contribution in [0.5, 0.6) is 0 Å². The lowest BCUT2D eigenvalue weighted by Crippen LogP contribution is -2.22. The third kappa shape index (κ3) is 3.41. The zero-order valence-corrected chi connectivity index (χ0v) is 6.69. The molecule has 0 bridgehead atoms. The van der Waals surface area contributed by atoms with E-state index in [4.69, 9.17) is 16.2 Å². The molecule has 0 atom stereocenters. The van der Waals surface area contributed by atoms with Crippen molar-refractivity contribution in [2.45, 2.75) is 13.3 Å². The maximum absolute atomic E-state index is 8.39. The van der Waals surface area contributed by atoms with E-state index in [2.05, 4.69) is 15.1 Å². The molecular weight excluding hydrogens is 160 g/mol. The van der Waals surface area contributed by atoms with Crippen molar-refractivity contribution in [3.8, 4) is 6.07 Å². The van der Waals surface area contributed by atoms with Crippen molar-refractivity contribution in [2.24, 2.45) is 16.0 Å². The highest BCUT2D eigenvalue weighted by Crippen LogP contribution is 1.84. The van der Waals surface area contributed by atoms with E-state index in [1.165, 1.54) is 0 Å². The van der Waals surface area contributed by atoms with Crippen LogP contribution >= 0.6 is 0 Å². The summed E-state index contributed by atoms with van der Waals surface area (Å²) in [6.45, 7) is 2.29. The van der Waals surface area contributed by atoms with Gasteiger partial charge in [0.05, 0.1) is 0 Å². The normalized spacial score (nSPS) is 12.3. The minimum Gasteiger partial charge on any atom is -0.409 e. The van der Waals surface area contributed by atoms with Gasteiger partial charge < -0.3 is 15.8 Å². The third-order valence-electron chi connectivity index (χ3n) is 0.908. The van der Waals surface area contributed by atoms with Crippen LogP contribution < -0.4 is 5.73 Å². The predicted molar refractivity (Wildman–Crippen MR) is 42.7 cm³/mol. The summed E-state index contributed by atoms with van der Waals surface area (Å²) >= 11 is 0. The number of amidine groups is 1. The summed E-state index contributed by atoms with van der Waals surface area (Å²) in [5.41, 5.74) is 4.85. The van der Waals surface area contributed by atoms with Crippen LogP contribution in [0.25, 0.3) is 0 Å². The van der Waals surface area contributed by atoms with Crippen LogP contribution in [0, 0.1) is 11.3 Å². The van der Waals surface area contributed by atoms with Crippen molar-refractivity contribution < 1.29 is 10.0 Å². The van der Waals surface area contributed by atoms with E-state index in [1.54, 1.807) is 6.07 Å². The molecule has 0 heterocycles. The largest absolute Gasteiger partial charge is 0.409 e. The van der Waals surface area contributed by atoms with Gasteiger partial charge in [0.1, 0.15) is 12.7 Å². The Morgan fingerprint density at radius 2 is 2.42 bits per heavy atom. The molecule has 12 heavy (non-hydrogen) atoms. The Bertz CT molecular complexity index is 228. The van der Waals surface area contributed by atoms with Gasteiger partial charge in [0, 0.05) is 0 Å². The molecule has 0 fully saturated rings. The molecule has 3 N–H and O–H groups in total. The second kappa shape index (κ2) is 5.97. The van der Waals surface area contributed by atoms with Crippen molar-refractivity contribution in [3.05, 3.63) is 0 Å². The monoisotopic (exact) mass is 170 g/mol. The molecule has 0 aliphatic rings. The van der Waals surface area contributed by atoms with Gasteiger partial charge in [-0.3, -0.25) is 0 Å². The molecule has 0 aliphatic heterocycles. The van der Waals surface area contributed by atoms with E-state index in [9.17, 15) is 0 Å². The maximum atomic E-state index is 8.39. The van der Waals surface area contributed by atoms with E-state index in [0.717, 1.165) is 6.42 Å². The van der Waals surface area contributed by atoms with Crippen molar-refractivity contribution in [1.82, 2.24) is 0 Å². The average Bonchev–Trinajstić information content (AvgIpc) is 2.11. The van der Waals surface area contributed by atoms with Crippen molar-refractivity contribution in [3.63, 3.8) is 0 Å². The summed E-state index contributed by atoms with van der Waals surface area (Å²) < 4.78 is 0. The zero-order chi connectivity index (χ0) is 9.40. The molecule has 0 saturated carbocycles. The molecule has 0 radical (unpaired) electrons. The van der Waals surface area contributed by atoms with Gasteiger partial charge in [0.25, 0.3) is 0 Å². The molecule has 0 spiro atoms. The number of rotatable bonds is 4. The highest BCUT2D eigenvalue weighted by molar-refractivity contribution is 6.46. The molecule has 0 unspecified atom stereocenters. The van der Waals surface area contributed by atoms with Gasteiger partial charge in [-0.05, 0) is 6.42 Å². The molecule has 0 aromatic carbocycles. The summed E-state index contributed by atoms with van der Waals surface area (Å²) in [7, 11) is 0. The van der Waals surface area contributed by atoms with Crippen molar-refractivity contribution in [2.75, 3.05) is 6.61 Å². The number of hydrogen-bond acceptors (Lipinski definition) is 5. The first-order valence-electron chi connectivity index (χ1n) is 3.34. The van der Waals surface area contributed by atoms with Gasteiger partial charge in [-0.15, -0.1) is 0 Å². The highest BCUT2D eigenvalue weighted by atomic mass is 16.6. The lowest BCUT2D eigenvalue weighted by molar-refractivity contribution is 0.146. The fraction of sp³-hybridized carbons (Fsp3) is 0.500. The van der Waals surface area contributed by atoms with Gasteiger partial charge in [0.15, 0.2) is 0 Å². The van der Waals surface area contributed by atoms with E-state index in [1.807, 2.05) is 6.92 Å². The van der Waals surface area contributed by atoms with Crippen LogP contribution in [0.3, 0.4) is 0 Å². The van der Waals surface area contributed by atoms with E-state index < -0.39 is 0 Å². The first-order valence-corrected chi connectivity index (χ1v) is 3.34. The molecule has 0 rings (SSSR count). The minimum absolute atomic E-state index is 0.231. The van der Waals surface area contributed by atoms with Gasteiger partial charge >= 0.3 is 0 Å². The first-order chi connectivity index (χ1) is 5.76. The molecule has 6 nitrogen and oxygen atoms in total. The second-order valence-corrected chi connectivity index (χ2v) is 1.87. The van der Waals surface area contributed by atoms with Crippen molar-refractivity contribution in [1.29, 1.82) is 5.26 Å². The lowest BCUT2D eigenvalue weighted by atomic mass is 10.4. The van der Waals surface area contributed by atoms with Crippen LogP contribution in [-0.2, 0) is 4.84 Å². The summed E-state index contributed by atoms with van der Waals surface area (Å²) in [5.74, 6) is -0.353. The summed E-state index contributed by atoms with van der Waals surface area (Å²) in [6, 6.07) is 1.62. The van der Waals surface area contributed by atoms with E-state index >= 15 is 0 Å². The van der Waals surface area contributed by atoms with Crippen LogP contribution in [0.2, 0.25) is 0 Å². The Labute approximate surface area is 69.9 Å². The molecule has 0 aromatic rings. The van der Waals surface area contributed by atoms with Gasteiger partial charge in [0.2, 0.25) is 11.5 Å². The van der Waals surface area contributed by atoms with Crippen LogP contribution in [0.1, 0.15) is 13.3 Å². The van der Waals surface area contributed by atoms with Crippen molar-refractivity contribution >= 4 is 11.5 Å². The van der Waals surface area contributed by atoms with Gasteiger partial charge in [-0.1, -0.05) is 17.2 Å². The molecule has 6 heteroatoms. The minimum atomic E-state index is -0.353. The van der Waals surface area contributed by atoms with Gasteiger partial charge in [-0.25, -0.2) is 0 Å². The number of hydrogen-bond donors (Lipinski definition) is 2. The number of oxime groups is 2. The summed E-state index contributed by atoms with van der Waals surface area (Å²) in [4.78, 5) is 4.65. The number of nitrogens with zero attached hydrogens (tertiary/aromatic N) is 3.